The van der Waals surface area contributed by atoms with E-state index in [2.05, 4.69) is 10.4 Å². The van der Waals surface area contributed by atoms with Crippen molar-refractivity contribution in [1.82, 2.24) is 15.1 Å². The molecular formula is C16H20F3N3O. The molecule has 1 aromatic carbocycles. The maximum absolute atomic E-state index is 12.7. The van der Waals surface area contributed by atoms with Crippen molar-refractivity contribution in [3.05, 3.63) is 52.8 Å². The predicted molar refractivity (Wildman–Crippen MR) is 80.7 cm³/mol. The Balaban J connectivity index is 1.96. The van der Waals surface area contributed by atoms with E-state index < -0.39 is 17.8 Å². The highest BCUT2D eigenvalue weighted by Gasteiger charge is 2.30. The number of benzene rings is 1. The van der Waals surface area contributed by atoms with Crippen LogP contribution in [-0.2, 0) is 26.2 Å². The van der Waals surface area contributed by atoms with Crippen molar-refractivity contribution in [3.8, 4) is 0 Å². The van der Waals surface area contributed by atoms with Crippen LogP contribution in [0.25, 0.3) is 0 Å². The van der Waals surface area contributed by atoms with Gasteiger partial charge in [0, 0.05) is 31.9 Å². The van der Waals surface area contributed by atoms with Crippen LogP contribution in [0, 0.1) is 0 Å². The van der Waals surface area contributed by atoms with Gasteiger partial charge in [0.2, 0.25) is 0 Å². The summed E-state index contributed by atoms with van der Waals surface area (Å²) in [7, 11) is 1.83. The van der Waals surface area contributed by atoms with Crippen LogP contribution in [0.4, 0.5) is 13.2 Å². The fourth-order valence-electron chi connectivity index (χ4n) is 2.41. The Hall–Kier alpha value is -1.86. The molecule has 1 heterocycles. The lowest BCUT2D eigenvalue weighted by Crippen LogP contribution is -2.21. The van der Waals surface area contributed by atoms with E-state index in [1.54, 1.807) is 4.68 Å². The largest absolute Gasteiger partial charge is 0.416 e. The Labute approximate surface area is 132 Å². The third kappa shape index (κ3) is 4.56. The summed E-state index contributed by atoms with van der Waals surface area (Å²) in [6.07, 6.45) is -2.72. The normalized spacial score (nSPS) is 13.3. The number of aliphatic hydroxyl groups is 1. The molecule has 1 atom stereocenters. The number of rotatable bonds is 6. The minimum atomic E-state index is -4.41. The number of hydrogen-bond donors (Lipinski definition) is 2. The predicted octanol–water partition coefficient (Wildman–Crippen LogP) is 2.82. The van der Waals surface area contributed by atoms with Gasteiger partial charge in [-0.15, -0.1) is 0 Å². The molecular weight excluding hydrogens is 307 g/mol. The van der Waals surface area contributed by atoms with Gasteiger partial charge >= 0.3 is 6.18 Å². The SMILES string of the molecule is CCc1nn(C)cc1CNCC(O)c1cccc(C(F)(F)F)c1. The first-order valence-corrected chi connectivity index (χ1v) is 7.38. The molecule has 0 aliphatic heterocycles. The van der Waals surface area contributed by atoms with Gasteiger partial charge in [-0.1, -0.05) is 19.1 Å². The maximum Gasteiger partial charge on any atom is 0.416 e. The summed E-state index contributed by atoms with van der Waals surface area (Å²) in [6.45, 7) is 2.68. The van der Waals surface area contributed by atoms with Crippen LogP contribution < -0.4 is 5.32 Å². The number of hydrogen-bond acceptors (Lipinski definition) is 3. The molecule has 7 heteroatoms. The highest BCUT2D eigenvalue weighted by Crippen LogP contribution is 2.30. The molecule has 0 spiro atoms. The molecule has 0 fully saturated rings. The lowest BCUT2D eigenvalue weighted by Gasteiger charge is -2.14. The molecule has 1 aromatic heterocycles. The van der Waals surface area contributed by atoms with Crippen molar-refractivity contribution in [1.29, 1.82) is 0 Å². The molecule has 0 amide bonds. The van der Waals surface area contributed by atoms with Gasteiger partial charge in [0.05, 0.1) is 17.4 Å². The fourth-order valence-corrected chi connectivity index (χ4v) is 2.41. The Morgan fingerprint density at radius 1 is 1.35 bits per heavy atom. The smallest absolute Gasteiger partial charge is 0.387 e. The Morgan fingerprint density at radius 2 is 2.09 bits per heavy atom. The molecule has 1 unspecified atom stereocenters. The van der Waals surface area contributed by atoms with Crippen LogP contribution >= 0.6 is 0 Å². The summed E-state index contributed by atoms with van der Waals surface area (Å²) in [5.41, 5.74) is 1.48. The molecule has 2 rings (SSSR count). The number of aromatic nitrogens is 2. The fraction of sp³-hybridized carbons (Fsp3) is 0.438. The van der Waals surface area contributed by atoms with Crippen molar-refractivity contribution in [2.75, 3.05) is 6.54 Å². The first-order chi connectivity index (χ1) is 10.8. The van der Waals surface area contributed by atoms with E-state index in [0.29, 0.717) is 6.54 Å². The topological polar surface area (TPSA) is 50.1 Å². The second-order valence-corrected chi connectivity index (χ2v) is 5.40. The number of aryl methyl sites for hydroxylation is 2. The van der Waals surface area contributed by atoms with E-state index >= 15 is 0 Å². The first-order valence-electron chi connectivity index (χ1n) is 7.38. The lowest BCUT2D eigenvalue weighted by molar-refractivity contribution is -0.137. The van der Waals surface area contributed by atoms with Gasteiger partial charge < -0.3 is 10.4 Å². The minimum Gasteiger partial charge on any atom is -0.387 e. The van der Waals surface area contributed by atoms with Crippen LogP contribution in [0.3, 0.4) is 0 Å². The van der Waals surface area contributed by atoms with E-state index in [4.69, 9.17) is 0 Å². The summed E-state index contributed by atoms with van der Waals surface area (Å²) in [5.74, 6) is 0. The van der Waals surface area contributed by atoms with Crippen molar-refractivity contribution < 1.29 is 18.3 Å². The van der Waals surface area contributed by atoms with E-state index in [9.17, 15) is 18.3 Å². The highest BCUT2D eigenvalue weighted by atomic mass is 19.4. The lowest BCUT2D eigenvalue weighted by atomic mass is 10.1. The zero-order chi connectivity index (χ0) is 17.0. The molecule has 0 saturated carbocycles. The van der Waals surface area contributed by atoms with E-state index in [0.717, 1.165) is 29.8 Å². The average Bonchev–Trinajstić information content (AvgIpc) is 2.86. The molecule has 0 radical (unpaired) electrons. The molecule has 0 aliphatic rings. The quantitative estimate of drug-likeness (QED) is 0.858. The third-order valence-electron chi connectivity index (χ3n) is 3.58. The number of aliphatic hydroxyl groups excluding tert-OH is 1. The van der Waals surface area contributed by atoms with Crippen molar-refractivity contribution in [2.45, 2.75) is 32.2 Å². The number of halogens is 3. The molecule has 0 aliphatic carbocycles. The molecule has 2 N–H and O–H groups in total. The Bertz CT molecular complexity index is 652. The summed E-state index contributed by atoms with van der Waals surface area (Å²) in [6, 6.07) is 4.77. The van der Waals surface area contributed by atoms with Gasteiger partial charge in [-0.3, -0.25) is 4.68 Å². The van der Waals surface area contributed by atoms with Crippen molar-refractivity contribution in [3.63, 3.8) is 0 Å². The van der Waals surface area contributed by atoms with Crippen molar-refractivity contribution in [2.24, 2.45) is 7.05 Å². The monoisotopic (exact) mass is 327 g/mol. The summed E-state index contributed by atoms with van der Waals surface area (Å²) in [4.78, 5) is 0. The summed E-state index contributed by atoms with van der Waals surface area (Å²) >= 11 is 0. The standard InChI is InChI=1S/C16H20F3N3O/c1-3-14-12(10-22(2)21-14)8-20-9-15(23)11-5-4-6-13(7-11)16(17,18)19/h4-7,10,15,20,23H,3,8-9H2,1-2H3. The van der Waals surface area contributed by atoms with Crippen LogP contribution in [0.1, 0.15) is 35.4 Å². The van der Waals surface area contributed by atoms with Gasteiger partial charge in [0.1, 0.15) is 0 Å². The number of nitrogens with zero attached hydrogens (tertiary/aromatic N) is 2. The van der Waals surface area contributed by atoms with Crippen LogP contribution in [-0.4, -0.2) is 21.4 Å². The van der Waals surface area contributed by atoms with Crippen molar-refractivity contribution >= 4 is 0 Å². The Kier molecular flexibility index (Phi) is 5.43. The van der Waals surface area contributed by atoms with E-state index in [-0.39, 0.29) is 12.1 Å². The molecule has 4 nitrogen and oxygen atoms in total. The van der Waals surface area contributed by atoms with Gasteiger partial charge in [0.15, 0.2) is 0 Å². The van der Waals surface area contributed by atoms with E-state index in [1.165, 1.54) is 12.1 Å². The Morgan fingerprint density at radius 3 is 2.74 bits per heavy atom. The van der Waals surface area contributed by atoms with Crippen LogP contribution in [0.15, 0.2) is 30.5 Å². The average molecular weight is 327 g/mol. The molecule has 0 bridgehead atoms. The highest BCUT2D eigenvalue weighted by molar-refractivity contribution is 5.27. The number of alkyl halides is 3. The summed E-state index contributed by atoms with van der Waals surface area (Å²) < 4.78 is 39.8. The van der Waals surface area contributed by atoms with Gasteiger partial charge in [-0.05, 0) is 24.1 Å². The second-order valence-electron chi connectivity index (χ2n) is 5.40. The van der Waals surface area contributed by atoms with Gasteiger partial charge in [-0.2, -0.15) is 18.3 Å². The number of nitrogens with one attached hydrogen (secondary N) is 1. The van der Waals surface area contributed by atoms with Gasteiger partial charge in [-0.25, -0.2) is 0 Å². The minimum absolute atomic E-state index is 0.166. The van der Waals surface area contributed by atoms with Gasteiger partial charge in [0.25, 0.3) is 0 Å². The molecule has 126 valence electrons. The zero-order valence-corrected chi connectivity index (χ0v) is 13.1. The van der Waals surface area contributed by atoms with E-state index in [1.807, 2.05) is 20.2 Å². The zero-order valence-electron chi connectivity index (χ0n) is 13.1. The van der Waals surface area contributed by atoms with Crippen LogP contribution in [0.5, 0.6) is 0 Å². The first kappa shape index (κ1) is 17.5. The second kappa shape index (κ2) is 7.14. The molecule has 23 heavy (non-hydrogen) atoms. The molecule has 0 saturated heterocycles. The molecule has 2 aromatic rings. The van der Waals surface area contributed by atoms with Crippen LogP contribution in [0.2, 0.25) is 0 Å². The summed E-state index contributed by atoms with van der Waals surface area (Å²) in [5, 5.41) is 17.4. The third-order valence-corrected chi connectivity index (χ3v) is 3.58. The maximum atomic E-state index is 12.7.